The van der Waals surface area contributed by atoms with E-state index < -0.39 is 0 Å². The van der Waals surface area contributed by atoms with Crippen LogP contribution in [-0.4, -0.2) is 50.0 Å². The Kier molecular flexibility index (Phi) is 3.19. The SMILES string of the molecule is CCN1CCO[C@H]([C@H]2CCCO2)C1. The van der Waals surface area contributed by atoms with Crippen molar-refractivity contribution in [3.05, 3.63) is 0 Å². The van der Waals surface area contributed by atoms with Gasteiger partial charge in [-0.05, 0) is 19.4 Å². The molecule has 0 aromatic heterocycles. The third-order valence-corrected chi connectivity index (χ3v) is 3.00. The van der Waals surface area contributed by atoms with E-state index in [-0.39, 0.29) is 0 Å². The van der Waals surface area contributed by atoms with Crippen molar-refractivity contribution in [2.45, 2.75) is 32.0 Å². The Morgan fingerprint density at radius 3 is 2.77 bits per heavy atom. The summed E-state index contributed by atoms with van der Waals surface area (Å²) < 4.78 is 11.4. The quantitative estimate of drug-likeness (QED) is 0.637. The van der Waals surface area contributed by atoms with E-state index in [2.05, 4.69) is 11.8 Å². The van der Waals surface area contributed by atoms with Gasteiger partial charge in [0.05, 0.1) is 18.8 Å². The fourth-order valence-corrected chi connectivity index (χ4v) is 2.14. The number of hydrogen-bond donors (Lipinski definition) is 0. The molecule has 0 bridgehead atoms. The van der Waals surface area contributed by atoms with Crippen LogP contribution in [0.5, 0.6) is 0 Å². The molecule has 2 saturated heterocycles. The van der Waals surface area contributed by atoms with Crippen LogP contribution in [0.25, 0.3) is 0 Å². The molecule has 0 aliphatic carbocycles. The molecule has 0 amide bonds. The van der Waals surface area contributed by atoms with Crippen LogP contribution in [0.2, 0.25) is 0 Å². The summed E-state index contributed by atoms with van der Waals surface area (Å²) in [4.78, 5) is 2.44. The Morgan fingerprint density at radius 2 is 2.08 bits per heavy atom. The van der Waals surface area contributed by atoms with Crippen LogP contribution in [0.4, 0.5) is 0 Å². The summed E-state index contributed by atoms with van der Waals surface area (Å²) >= 11 is 0. The van der Waals surface area contributed by atoms with Crippen molar-refractivity contribution < 1.29 is 9.47 Å². The normalized spacial score (nSPS) is 36.7. The lowest BCUT2D eigenvalue weighted by Gasteiger charge is -2.34. The van der Waals surface area contributed by atoms with Crippen LogP contribution in [0.1, 0.15) is 19.8 Å². The molecule has 0 radical (unpaired) electrons. The molecule has 0 aromatic carbocycles. The van der Waals surface area contributed by atoms with Gasteiger partial charge in [-0.2, -0.15) is 0 Å². The second-order valence-corrected chi connectivity index (χ2v) is 3.85. The first-order chi connectivity index (χ1) is 6.40. The van der Waals surface area contributed by atoms with Gasteiger partial charge in [0, 0.05) is 19.7 Å². The van der Waals surface area contributed by atoms with E-state index in [1.165, 1.54) is 12.8 Å². The van der Waals surface area contributed by atoms with E-state index in [1.807, 2.05) is 0 Å². The molecule has 3 heteroatoms. The van der Waals surface area contributed by atoms with Gasteiger partial charge in [-0.1, -0.05) is 6.92 Å². The van der Waals surface area contributed by atoms with Gasteiger partial charge in [-0.3, -0.25) is 4.90 Å². The maximum absolute atomic E-state index is 5.73. The molecule has 0 N–H and O–H groups in total. The highest BCUT2D eigenvalue weighted by Gasteiger charge is 2.30. The largest absolute Gasteiger partial charge is 0.375 e. The van der Waals surface area contributed by atoms with E-state index in [0.717, 1.165) is 32.8 Å². The molecule has 2 fully saturated rings. The zero-order chi connectivity index (χ0) is 9.10. The first-order valence-corrected chi connectivity index (χ1v) is 5.35. The van der Waals surface area contributed by atoms with Gasteiger partial charge in [0.2, 0.25) is 0 Å². The number of nitrogens with zero attached hydrogens (tertiary/aromatic N) is 1. The minimum absolute atomic E-state index is 0.330. The van der Waals surface area contributed by atoms with Gasteiger partial charge in [-0.25, -0.2) is 0 Å². The average molecular weight is 185 g/mol. The highest BCUT2D eigenvalue weighted by molar-refractivity contribution is 4.80. The number of morpholine rings is 1. The summed E-state index contributed by atoms with van der Waals surface area (Å²) in [6.45, 7) is 7.28. The van der Waals surface area contributed by atoms with Crippen molar-refractivity contribution in [1.82, 2.24) is 4.90 Å². The summed E-state index contributed by atoms with van der Waals surface area (Å²) in [5, 5.41) is 0. The molecule has 2 atom stereocenters. The first kappa shape index (κ1) is 9.44. The fraction of sp³-hybridized carbons (Fsp3) is 1.00. The Labute approximate surface area is 80.0 Å². The molecular weight excluding hydrogens is 166 g/mol. The van der Waals surface area contributed by atoms with Crippen molar-refractivity contribution in [1.29, 1.82) is 0 Å². The summed E-state index contributed by atoms with van der Waals surface area (Å²) in [6, 6.07) is 0. The van der Waals surface area contributed by atoms with E-state index in [4.69, 9.17) is 9.47 Å². The second kappa shape index (κ2) is 4.40. The number of likely N-dealkylation sites (N-methyl/N-ethyl adjacent to an activating group) is 1. The molecule has 0 aromatic rings. The molecule has 76 valence electrons. The Bertz CT molecular complexity index is 157. The van der Waals surface area contributed by atoms with Crippen LogP contribution in [0.3, 0.4) is 0 Å². The lowest BCUT2D eigenvalue weighted by molar-refractivity contribution is -0.0932. The average Bonchev–Trinajstić information content (AvgIpc) is 2.71. The maximum atomic E-state index is 5.73. The van der Waals surface area contributed by atoms with E-state index in [1.54, 1.807) is 0 Å². The number of ether oxygens (including phenoxy) is 2. The van der Waals surface area contributed by atoms with Gasteiger partial charge in [0.1, 0.15) is 0 Å². The molecule has 3 nitrogen and oxygen atoms in total. The monoisotopic (exact) mass is 185 g/mol. The van der Waals surface area contributed by atoms with Gasteiger partial charge in [0.15, 0.2) is 0 Å². The molecule has 13 heavy (non-hydrogen) atoms. The minimum Gasteiger partial charge on any atom is -0.375 e. The highest BCUT2D eigenvalue weighted by Crippen LogP contribution is 2.20. The lowest BCUT2D eigenvalue weighted by atomic mass is 10.1. The minimum atomic E-state index is 0.330. The first-order valence-electron chi connectivity index (χ1n) is 5.35. The summed E-state index contributed by atoms with van der Waals surface area (Å²) in [7, 11) is 0. The zero-order valence-corrected chi connectivity index (χ0v) is 8.37. The van der Waals surface area contributed by atoms with E-state index >= 15 is 0 Å². The smallest absolute Gasteiger partial charge is 0.0963 e. The predicted molar refractivity (Wildman–Crippen MR) is 50.8 cm³/mol. The standard InChI is InChI=1S/C10H19NO2/c1-2-11-5-7-13-10(8-11)9-4-3-6-12-9/h9-10H,2-8H2,1H3/t9-,10+/m1/s1. The van der Waals surface area contributed by atoms with Crippen LogP contribution in [0.15, 0.2) is 0 Å². The highest BCUT2D eigenvalue weighted by atomic mass is 16.5. The van der Waals surface area contributed by atoms with Crippen molar-refractivity contribution in [2.75, 3.05) is 32.8 Å². The molecule has 2 aliphatic rings. The predicted octanol–water partition coefficient (Wildman–Crippen LogP) is 0.886. The van der Waals surface area contributed by atoms with Crippen LogP contribution < -0.4 is 0 Å². The summed E-state index contributed by atoms with van der Waals surface area (Å²) in [5.74, 6) is 0. The van der Waals surface area contributed by atoms with Gasteiger partial charge < -0.3 is 9.47 Å². The topological polar surface area (TPSA) is 21.7 Å². The Hall–Kier alpha value is -0.120. The fourth-order valence-electron chi connectivity index (χ4n) is 2.14. The third-order valence-electron chi connectivity index (χ3n) is 3.00. The third kappa shape index (κ3) is 2.22. The zero-order valence-electron chi connectivity index (χ0n) is 8.37. The van der Waals surface area contributed by atoms with Crippen LogP contribution in [0, 0.1) is 0 Å². The summed E-state index contributed by atoms with van der Waals surface area (Å²) in [6.07, 6.45) is 3.09. The lowest BCUT2D eigenvalue weighted by Crippen LogP contribution is -2.47. The van der Waals surface area contributed by atoms with Crippen LogP contribution in [-0.2, 0) is 9.47 Å². The maximum Gasteiger partial charge on any atom is 0.0963 e. The van der Waals surface area contributed by atoms with Crippen molar-refractivity contribution >= 4 is 0 Å². The van der Waals surface area contributed by atoms with Gasteiger partial charge in [0.25, 0.3) is 0 Å². The Morgan fingerprint density at radius 1 is 1.23 bits per heavy atom. The Balaban J connectivity index is 1.84. The van der Waals surface area contributed by atoms with Crippen molar-refractivity contribution in [3.63, 3.8) is 0 Å². The van der Waals surface area contributed by atoms with Gasteiger partial charge >= 0.3 is 0 Å². The van der Waals surface area contributed by atoms with E-state index in [0.29, 0.717) is 12.2 Å². The van der Waals surface area contributed by atoms with Crippen molar-refractivity contribution in [2.24, 2.45) is 0 Å². The van der Waals surface area contributed by atoms with Crippen molar-refractivity contribution in [3.8, 4) is 0 Å². The molecule has 2 rings (SSSR count). The molecule has 0 saturated carbocycles. The van der Waals surface area contributed by atoms with Crippen LogP contribution >= 0.6 is 0 Å². The number of rotatable bonds is 2. The molecule has 0 spiro atoms. The number of hydrogen-bond acceptors (Lipinski definition) is 3. The molecule has 2 aliphatic heterocycles. The molecular formula is C10H19NO2. The van der Waals surface area contributed by atoms with E-state index in [9.17, 15) is 0 Å². The summed E-state index contributed by atoms with van der Waals surface area (Å²) in [5.41, 5.74) is 0. The molecule has 0 unspecified atom stereocenters. The van der Waals surface area contributed by atoms with Gasteiger partial charge in [-0.15, -0.1) is 0 Å². The molecule has 2 heterocycles. The second-order valence-electron chi connectivity index (χ2n) is 3.85.